The summed E-state index contributed by atoms with van der Waals surface area (Å²) in [5, 5.41) is 0. The molecule has 0 unspecified atom stereocenters. The Bertz CT molecular complexity index is 566. The molecule has 5 heteroatoms. The molecule has 0 amide bonds. The number of ether oxygens (including phenoxy) is 1. The van der Waals surface area contributed by atoms with Crippen molar-refractivity contribution in [1.82, 2.24) is 15.0 Å². The molecule has 0 saturated heterocycles. The van der Waals surface area contributed by atoms with Gasteiger partial charge in [-0.15, -0.1) is 0 Å². The molecule has 0 spiro atoms. The smallest absolute Gasteiger partial charge is 0.254 e. The van der Waals surface area contributed by atoms with Crippen molar-refractivity contribution in [2.24, 2.45) is 0 Å². The fraction of sp³-hybridized carbons (Fsp3) is 0.357. The number of H-pyrrole nitrogens is 1. The van der Waals surface area contributed by atoms with Gasteiger partial charge in [-0.1, -0.05) is 6.92 Å². The van der Waals surface area contributed by atoms with E-state index in [1.54, 1.807) is 12.4 Å². The first-order chi connectivity index (χ1) is 9.28. The number of aromatic nitrogens is 3. The van der Waals surface area contributed by atoms with Crippen LogP contribution in [-0.2, 0) is 12.8 Å². The van der Waals surface area contributed by atoms with E-state index in [1.807, 2.05) is 19.1 Å². The number of aryl methyl sites for hydroxylation is 2. The summed E-state index contributed by atoms with van der Waals surface area (Å²) in [6, 6.07) is 5.35. The molecule has 2 heterocycles. The first-order valence-electron chi connectivity index (χ1n) is 6.40. The van der Waals surface area contributed by atoms with Crippen molar-refractivity contribution in [3.8, 4) is 5.88 Å². The van der Waals surface area contributed by atoms with E-state index in [0.29, 0.717) is 24.7 Å². The maximum atomic E-state index is 11.3. The summed E-state index contributed by atoms with van der Waals surface area (Å²) in [4.78, 5) is 22.2. The molecule has 2 aromatic rings. The molecule has 0 saturated carbocycles. The molecule has 0 radical (unpaired) electrons. The third kappa shape index (κ3) is 4.21. The highest BCUT2D eigenvalue weighted by Gasteiger charge is 2.01. The fourth-order valence-electron chi connectivity index (χ4n) is 1.73. The molecule has 5 nitrogen and oxygen atoms in total. The Balaban J connectivity index is 1.83. The van der Waals surface area contributed by atoms with Crippen LogP contribution in [0.4, 0.5) is 0 Å². The summed E-state index contributed by atoms with van der Waals surface area (Å²) in [6.07, 6.45) is 6.04. The molecule has 0 aliphatic heterocycles. The molecule has 0 aromatic carbocycles. The van der Waals surface area contributed by atoms with Crippen LogP contribution < -0.4 is 10.3 Å². The maximum Gasteiger partial charge on any atom is 0.254 e. The summed E-state index contributed by atoms with van der Waals surface area (Å²) in [6.45, 7) is 2.48. The molecule has 0 atom stereocenters. The summed E-state index contributed by atoms with van der Waals surface area (Å²) >= 11 is 0. The molecule has 19 heavy (non-hydrogen) atoms. The van der Waals surface area contributed by atoms with Gasteiger partial charge in [0.05, 0.1) is 12.7 Å². The molecule has 0 aliphatic rings. The topological polar surface area (TPSA) is 67.9 Å². The van der Waals surface area contributed by atoms with E-state index in [4.69, 9.17) is 4.74 Å². The second kappa shape index (κ2) is 6.68. The van der Waals surface area contributed by atoms with Crippen LogP contribution in [0.5, 0.6) is 5.88 Å². The fourth-order valence-corrected chi connectivity index (χ4v) is 1.73. The van der Waals surface area contributed by atoms with Crippen molar-refractivity contribution >= 4 is 0 Å². The molecule has 1 N–H and O–H groups in total. The standard InChI is InChI=1S/C14H17N3O2/c1-2-12-16-13(18)10-14(17-12)19-9-3-4-11-5-7-15-8-6-11/h5-8,10H,2-4,9H2,1H3,(H,16,17,18). The first-order valence-corrected chi connectivity index (χ1v) is 6.40. The van der Waals surface area contributed by atoms with Gasteiger partial charge in [-0.3, -0.25) is 9.78 Å². The second-order valence-corrected chi connectivity index (χ2v) is 4.19. The molecular formula is C14H17N3O2. The average molecular weight is 259 g/mol. The quantitative estimate of drug-likeness (QED) is 0.802. The largest absolute Gasteiger partial charge is 0.477 e. The molecule has 0 bridgehead atoms. The zero-order valence-electron chi connectivity index (χ0n) is 10.9. The maximum absolute atomic E-state index is 11.3. The van der Waals surface area contributed by atoms with Crippen LogP contribution in [0.1, 0.15) is 24.7 Å². The van der Waals surface area contributed by atoms with Gasteiger partial charge in [-0.25, -0.2) is 4.98 Å². The van der Waals surface area contributed by atoms with Crippen LogP contribution in [0.25, 0.3) is 0 Å². The minimum Gasteiger partial charge on any atom is -0.477 e. The van der Waals surface area contributed by atoms with Crippen molar-refractivity contribution < 1.29 is 4.74 Å². The van der Waals surface area contributed by atoms with E-state index in [1.165, 1.54) is 11.6 Å². The van der Waals surface area contributed by atoms with E-state index in [0.717, 1.165) is 12.8 Å². The lowest BCUT2D eigenvalue weighted by Gasteiger charge is -2.06. The van der Waals surface area contributed by atoms with E-state index in [-0.39, 0.29) is 5.56 Å². The zero-order chi connectivity index (χ0) is 13.5. The van der Waals surface area contributed by atoms with Gasteiger partial charge in [-0.05, 0) is 30.5 Å². The molecule has 100 valence electrons. The molecule has 2 rings (SSSR count). The highest BCUT2D eigenvalue weighted by atomic mass is 16.5. The van der Waals surface area contributed by atoms with E-state index in [9.17, 15) is 4.79 Å². The van der Waals surface area contributed by atoms with E-state index in [2.05, 4.69) is 15.0 Å². The number of hydrogen-bond donors (Lipinski definition) is 1. The van der Waals surface area contributed by atoms with Gasteiger partial charge in [0.2, 0.25) is 5.88 Å². The predicted octanol–water partition coefficient (Wildman–Crippen LogP) is 1.74. The Labute approximate surface area is 111 Å². The molecule has 0 fully saturated rings. The third-order valence-corrected chi connectivity index (χ3v) is 2.71. The van der Waals surface area contributed by atoms with Gasteiger partial charge in [0, 0.05) is 18.8 Å². The minimum absolute atomic E-state index is 0.170. The zero-order valence-corrected chi connectivity index (χ0v) is 10.9. The molecule has 2 aromatic heterocycles. The minimum atomic E-state index is -0.170. The number of nitrogens with zero attached hydrogens (tertiary/aromatic N) is 2. The Morgan fingerprint density at radius 1 is 1.32 bits per heavy atom. The third-order valence-electron chi connectivity index (χ3n) is 2.71. The summed E-state index contributed by atoms with van der Waals surface area (Å²) in [5.74, 6) is 1.05. The lowest BCUT2D eigenvalue weighted by molar-refractivity contribution is 0.297. The number of pyridine rings is 1. The summed E-state index contributed by atoms with van der Waals surface area (Å²) in [5.41, 5.74) is 1.06. The van der Waals surface area contributed by atoms with Crippen molar-refractivity contribution in [2.45, 2.75) is 26.2 Å². The first kappa shape index (κ1) is 13.3. The Morgan fingerprint density at radius 2 is 2.11 bits per heavy atom. The van der Waals surface area contributed by atoms with Gasteiger partial charge < -0.3 is 9.72 Å². The predicted molar refractivity (Wildman–Crippen MR) is 72.3 cm³/mol. The Kier molecular flexibility index (Phi) is 4.66. The van der Waals surface area contributed by atoms with Crippen molar-refractivity contribution in [3.05, 3.63) is 52.3 Å². The summed E-state index contributed by atoms with van der Waals surface area (Å²) in [7, 11) is 0. The van der Waals surface area contributed by atoms with Gasteiger partial charge in [0.25, 0.3) is 5.56 Å². The molecular weight excluding hydrogens is 242 g/mol. The highest BCUT2D eigenvalue weighted by Crippen LogP contribution is 2.05. The van der Waals surface area contributed by atoms with Gasteiger partial charge in [-0.2, -0.15) is 0 Å². The van der Waals surface area contributed by atoms with E-state index < -0.39 is 0 Å². The van der Waals surface area contributed by atoms with Crippen LogP contribution in [-0.4, -0.2) is 21.6 Å². The average Bonchev–Trinajstić information content (AvgIpc) is 2.44. The van der Waals surface area contributed by atoms with Gasteiger partial charge in [0.1, 0.15) is 5.82 Å². The highest BCUT2D eigenvalue weighted by molar-refractivity contribution is 5.10. The summed E-state index contributed by atoms with van der Waals surface area (Å²) < 4.78 is 5.50. The number of aromatic amines is 1. The van der Waals surface area contributed by atoms with Crippen LogP contribution in [0.15, 0.2) is 35.4 Å². The number of rotatable bonds is 6. The SMILES string of the molecule is CCc1nc(OCCCc2ccncc2)cc(=O)[nH]1. The lowest BCUT2D eigenvalue weighted by atomic mass is 10.1. The number of nitrogens with one attached hydrogen (secondary N) is 1. The van der Waals surface area contributed by atoms with Crippen LogP contribution in [0.2, 0.25) is 0 Å². The van der Waals surface area contributed by atoms with Gasteiger partial charge in [0.15, 0.2) is 0 Å². The van der Waals surface area contributed by atoms with Gasteiger partial charge >= 0.3 is 0 Å². The van der Waals surface area contributed by atoms with Crippen LogP contribution in [0, 0.1) is 0 Å². The van der Waals surface area contributed by atoms with Crippen LogP contribution >= 0.6 is 0 Å². The second-order valence-electron chi connectivity index (χ2n) is 4.19. The number of hydrogen-bond acceptors (Lipinski definition) is 4. The molecule has 0 aliphatic carbocycles. The Morgan fingerprint density at radius 3 is 2.84 bits per heavy atom. The van der Waals surface area contributed by atoms with Crippen molar-refractivity contribution in [2.75, 3.05) is 6.61 Å². The normalized spacial score (nSPS) is 10.4. The lowest BCUT2D eigenvalue weighted by Crippen LogP contribution is -2.12. The van der Waals surface area contributed by atoms with Crippen LogP contribution in [0.3, 0.4) is 0 Å². The van der Waals surface area contributed by atoms with Crippen molar-refractivity contribution in [3.63, 3.8) is 0 Å². The monoisotopic (exact) mass is 259 g/mol. The van der Waals surface area contributed by atoms with E-state index >= 15 is 0 Å². The Hall–Kier alpha value is -2.17. The van der Waals surface area contributed by atoms with Crippen molar-refractivity contribution in [1.29, 1.82) is 0 Å².